The molecule has 0 aromatic heterocycles. The minimum absolute atomic E-state index is 0.221. The lowest BCUT2D eigenvalue weighted by Gasteiger charge is -2.43. The van der Waals surface area contributed by atoms with Crippen LogP contribution in [0.5, 0.6) is 0 Å². The molecule has 20 heavy (non-hydrogen) atoms. The van der Waals surface area contributed by atoms with Crippen molar-refractivity contribution in [3.63, 3.8) is 0 Å². The van der Waals surface area contributed by atoms with Crippen molar-refractivity contribution in [1.82, 2.24) is 4.90 Å². The van der Waals surface area contributed by atoms with Crippen LogP contribution >= 0.6 is 0 Å². The Kier molecular flexibility index (Phi) is 3.95. The van der Waals surface area contributed by atoms with E-state index in [1.807, 2.05) is 20.8 Å². The summed E-state index contributed by atoms with van der Waals surface area (Å²) in [6, 6.07) is 0. The largest absolute Gasteiger partial charge is 0.481 e. The summed E-state index contributed by atoms with van der Waals surface area (Å²) in [5.74, 6) is -1.41. The Bertz CT molecular complexity index is 403. The highest BCUT2D eigenvalue weighted by Crippen LogP contribution is 2.39. The van der Waals surface area contributed by atoms with Crippen LogP contribution in [0.15, 0.2) is 0 Å². The molecule has 2 rings (SSSR count). The van der Waals surface area contributed by atoms with Crippen LogP contribution in [0.1, 0.15) is 40.0 Å². The summed E-state index contributed by atoms with van der Waals surface area (Å²) >= 11 is 0. The number of nitrogens with zero attached hydrogens (tertiary/aromatic N) is 1. The number of amides is 1. The summed E-state index contributed by atoms with van der Waals surface area (Å²) in [4.78, 5) is 25.2. The third-order valence-corrected chi connectivity index (χ3v) is 3.88. The number of carbonyl (C=O) groups is 2. The molecule has 0 radical (unpaired) electrons. The average Bonchev–Trinajstić information content (AvgIpc) is 2.70. The number of hydrogen-bond acceptors (Lipinski definition) is 4. The molecule has 2 saturated heterocycles. The van der Waals surface area contributed by atoms with Crippen molar-refractivity contribution in [2.45, 2.75) is 51.2 Å². The van der Waals surface area contributed by atoms with E-state index in [1.54, 1.807) is 4.90 Å². The number of likely N-dealkylation sites (tertiary alicyclic amines) is 1. The maximum absolute atomic E-state index is 12.3. The monoisotopic (exact) mass is 285 g/mol. The lowest BCUT2D eigenvalue weighted by molar-refractivity contribution is -0.151. The average molecular weight is 285 g/mol. The Labute approximate surface area is 119 Å². The van der Waals surface area contributed by atoms with Gasteiger partial charge in [-0.3, -0.25) is 4.79 Å². The van der Waals surface area contributed by atoms with E-state index in [1.165, 1.54) is 0 Å². The van der Waals surface area contributed by atoms with Gasteiger partial charge in [0.15, 0.2) is 0 Å². The zero-order valence-corrected chi connectivity index (χ0v) is 12.3. The van der Waals surface area contributed by atoms with E-state index in [9.17, 15) is 14.7 Å². The van der Waals surface area contributed by atoms with Gasteiger partial charge in [0.05, 0.1) is 24.7 Å². The van der Waals surface area contributed by atoms with Gasteiger partial charge in [-0.05, 0) is 40.0 Å². The molecule has 2 fully saturated rings. The molecule has 2 unspecified atom stereocenters. The van der Waals surface area contributed by atoms with Crippen molar-refractivity contribution in [2.24, 2.45) is 5.92 Å². The topological polar surface area (TPSA) is 76.1 Å². The molecular formula is C14H23NO5. The van der Waals surface area contributed by atoms with Gasteiger partial charge in [0.25, 0.3) is 0 Å². The fourth-order valence-electron chi connectivity index (χ4n) is 3.03. The second-order valence-electron chi connectivity index (χ2n) is 6.71. The summed E-state index contributed by atoms with van der Waals surface area (Å²) in [5.41, 5.74) is -1.06. The zero-order chi connectivity index (χ0) is 15.0. The first-order valence-electron chi connectivity index (χ1n) is 7.05. The Balaban J connectivity index is 2.13. The number of ether oxygens (including phenoxy) is 2. The van der Waals surface area contributed by atoms with E-state index in [-0.39, 0.29) is 12.7 Å². The van der Waals surface area contributed by atoms with E-state index in [0.717, 1.165) is 12.8 Å². The summed E-state index contributed by atoms with van der Waals surface area (Å²) in [6.07, 6.45) is 1.71. The SMILES string of the molecule is CC(C)(C)OC(=O)N1CCCC12COCC(C(=O)O)C2. The minimum Gasteiger partial charge on any atom is -0.481 e. The smallest absolute Gasteiger partial charge is 0.410 e. The maximum atomic E-state index is 12.3. The molecule has 0 saturated carbocycles. The molecule has 0 aliphatic carbocycles. The van der Waals surface area contributed by atoms with Gasteiger partial charge in [-0.2, -0.15) is 0 Å². The van der Waals surface area contributed by atoms with Crippen molar-refractivity contribution in [3.05, 3.63) is 0 Å². The molecule has 1 amide bonds. The van der Waals surface area contributed by atoms with Crippen LogP contribution in [-0.4, -0.2) is 53.0 Å². The maximum Gasteiger partial charge on any atom is 0.410 e. The molecular weight excluding hydrogens is 262 g/mol. The molecule has 0 aromatic carbocycles. The molecule has 1 spiro atoms. The molecule has 2 aliphatic heterocycles. The predicted molar refractivity (Wildman–Crippen MR) is 71.5 cm³/mol. The lowest BCUT2D eigenvalue weighted by atomic mass is 9.84. The van der Waals surface area contributed by atoms with Crippen molar-refractivity contribution in [2.75, 3.05) is 19.8 Å². The normalized spacial score (nSPS) is 30.6. The number of carboxylic acid groups (broad SMARTS) is 1. The first-order chi connectivity index (χ1) is 9.23. The number of aliphatic carboxylic acids is 1. The van der Waals surface area contributed by atoms with Gasteiger partial charge in [0.2, 0.25) is 0 Å². The fraction of sp³-hybridized carbons (Fsp3) is 0.857. The highest BCUT2D eigenvalue weighted by Gasteiger charge is 2.49. The van der Waals surface area contributed by atoms with Crippen molar-refractivity contribution in [1.29, 1.82) is 0 Å². The van der Waals surface area contributed by atoms with E-state index in [0.29, 0.717) is 19.6 Å². The van der Waals surface area contributed by atoms with Gasteiger partial charge in [0.1, 0.15) is 5.60 Å². The van der Waals surface area contributed by atoms with E-state index in [2.05, 4.69) is 0 Å². The van der Waals surface area contributed by atoms with Gasteiger partial charge >= 0.3 is 12.1 Å². The van der Waals surface area contributed by atoms with Crippen LogP contribution in [0.2, 0.25) is 0 Å². The third-order valence-electron chi connectivity index (χ3n) is 3.88. The fourth-order valence-corrected chi connectivity index (χ4v) is 3.03. The summed E-state index contributed by atoms with van der Waals surface area (Å²) in [7, 11) is 0. The van der Waals surface area contributed by atoms with Gasteiger partial charge in [-0.25, -0.2) is 4.79 Å². The van der Waals surface area contributed by atoms with Crippen molar-refractivity contribution < 1.29 is 24.2 Å². The Morgan fingerprint density at radius 3 is 2.70 bits per heavy atom. The lowest BCUT2D eigenvalue weighted by Crippen LogP contribution is -2.56. The van der Waals surface area contributed by atoms with E-state index in [4.69, 9.17) is 9.47 Å². The van der Waals surface area contributed by atoms with E-state index < -0.39 is 23.0 Å². The predicted octanol–water partition coefficient (Wildman–Crippen LogP) is 1.88. The summed E-state index contributed by atoms with van der Waals surface area (Å²) in [5, 5.41) is 9.18. The van der Waals surface area contributed by atoms with Crippen LogP contribution in [0, 0.1) is 5.92 Å². The Hall–Kier alpha value is -1.30. The van der Waals surface area contributed by atoms with Crippen LogP contribution < -0.4 is 0 Å². The van der Waals surface area contributed by atoms with Gasteiger partial charge < -0.3 is 19.5 Å². The van der Waals surface area contributed by atoms with Crippen LogP contribution in [0.4, 0.5) is 4.79 Å². The Morgan fingerprint density at radius 2 is 2.10 bits per heavy atom. The molecule has 2 aliphatic rings. The second kappa shape index (κ2) is 5.24. The third kappa shape index (κ3) is 3.06. The van der Waals surface area contributed by atoms with E-state index >= 15 is 0 Å². The first kappa shape index (κ1) is 15.1. The molecule has 114 valence electrons. The molecule has 6 heteroatoms. The number of hydrogen-bond donors (Lipinski definition) is 1. The summed E-state index contributed by atoms with van der Waals surface area (Å²) < 4.78 is 10.9. The molecule has 6 nitrogen and oxygen atoms in total. The van der Waals surface area contributed by atoms with Crippen LogP contribution in [-0.2, 0) is 14.3 Å². The van der Waals surface area contributed by atoms with Crippen molar-refractivity contribution >= 4 is 12.1 Å². The molecule has 1 N–H and O–H groups in total. The Morgan fingerprint density at radius 1 is 1.40 bits per heavy atom. The van der Waals surface area contributed by atoms with Crippen molar-refractivity contribution in [3.8, 4) is 0 Å². The first-order valence-corrected chi connectivity index (χ1v) is 7.05. The molecule has 0 bridgehead atoms. The minimum atomic E-state index is -0.861. The number of carbonyl (C=O) groups excluding carboxylic acids is 1. The summed E-state index contributed by atoms with van der Waals surface area (Å²) in [6.45, 7) is 6.70. The van der Waals surface area contributed by atoms with Gasteiger partial charge in [0, 0.05) is 6.54 Å². The highest BCUT2D eigenvalue weighted by atomic mass is 16.6. The highest BCUT2D eigenvalue weighted by molar-refractivity contribution is 5.72. The quantitative estimate of drug-likeness (QED) is 0.796. The van der Waals surface area contributed by atoms with Gasteiger partial charge in [-0.1, -0.05) is 0 Å². The van der Waals surface area contributed by atoms with Crippen LogP contribution in [0.25, 0.3) is 0 Å². The van der Waals surface area contributed by atoms with Crippen LogP contribution in [0.3, 0.4) is 0 Å². The standard InChI is InChI=1S/C14H23NO5/c1-13(2,3)20-12(18)15-6-4-5-14(15)7-10(11(16)17)8-19-9-14/h10H,4-9H2,1-3H3,(H,16,17). The number of rotatable bonds is 1. The second-order valence-corrected chi connectivity index (χ2v) is 6.71. The number of carboxylic acids is 1. The molecule has 0 aromatic rings. The van der Waals surface area contributed by atoms with Gasteiger partial charge in [-0.15, -0.1) is 0 Å². The zero-order valence-electron chi connectivity index (χ0n) is 12.3. The molecule has 2 heterocycles. The molecule has 2 atom stereocenters.